The van der Waals surface area contributed by atoms with Crippen LogP contribution < -0.4 is 10.6 Å². The highest BCUT2D eigenvalue weighted by molar-refractivity contribution is 7.99. The fraction of sp³-hybridized carbons (Fsp3) is 0.885. The largest absolute Gasteiger partial charge is 0.480 e. The molecule has 0 aliphatic heterocycles. The Hall–Kier alpha value is -1.40. The van der Waals surface area contributed by atoms with Gasteiger partial charge in [-0.2, -0.15) is 11.8 Å². The minimum absolute atomic E-state index is 0.0484. The number of carbonyl (C=O) groups excluding carboxylic acids is 2. The lowest BCUT2D eigenvalue weighted by Gasteiger charge is -2.19. The standard InChI is InChI=1S/C26H50N2O8S/c1-25(2,3)9-7-22(29)27-10-12-34-14-16-36-18-17-35-15-13-33-11-8-23(30)28-21(24(31)32)19-37-20-26(4,5)6/h21H,7-20H2,1-6H3,(H,27,29)(H,28,30)(H,31,32)/t21-/m0/s1. The summed E-state index contributed by atoms with van der Waals surface area (Å²) in [5, 5.41) is 14.7. The van der Waals surface area contributed by atoms with Crippen LogP contribution in [-0.2, 0) is 33.3 Å². The predicted octanol–water partition coefficient (Wildman–Crippen LogP) is 2.73. The van der Waals surface area contributed by atoms with Crippen molar-refractivity contribution in [1.29, 1.82) is 0 Å². The summed E-state index contributed by atoms with van der Waals surface area (Å²) in [6, 6.07) is -0.905. The van der Waals surface area contributed by atoms with E-state index in [0.717, 1.165) is 12.2 Å². The molecule has 218 valence electrons. The second-order valence-corrected chi connectivity index (χ2v) is 12.2. The van der Waals surface area contributed by atoms with Crippen molar-refractivity contribution < 1.29 is 38.4 Å². The molecule has 3 N–H and O–H groups in total. The second kappa shape index (κ2) is 20.5. The number of hydrogen-bond acceptors (Lipinski definition) is 8. The van der Waals surface area contributed by atoms with Gasteiger partial charge in [-0.1, -0.05) is 41.5 Å². The average Bonchev–Trinajstić information content (AvgIpc) is 2.78. The highest BCUT2D eigenvalue weighted by atomic mass is 32.2. The van der Waals surface area contributed by atoms with Gasteiger partial charge in [0.2, 0.25) is 11.8 Å². The third-order valence-electron chi connectivity index (χ3n) is 4.71. The molecule has 1 atom stereocenters. The van der Waals surface area contributed by atoms with E-state index in [2.05, 4.69) is 52.2 Å². The zero-order valence-electron chi connectivity index (χ0n) is 23.7. The molecular formula is C26H50N2O8S. The van der Waals surface area contributed by atoms with Gasteiger partial charge in [0, 0.05) is 25.1 Å². The zero-order valence-corrected chi connectivity index (χ0v) is 24.5. The lowest BCUT2D eigenvalue weighted by molar-refractivity contribution is -0.141. The van der Waals surface area contributed by atoms with E-state index < -0.39 is 12.0 Å². The number of nitrogens with one attached hydrogen (secondary N) is 2. The predicted molar refractivity (Wildman–Crippen MR) is 146 cm³/mol. The monoisotopic (exact) mass is 550 g/mol. The Labute approximate surface area is 227 Å². The summed E-state index contributed by atoms with van der Waals surface area (Å²) in [5.74, 6) is -0.186. The van der Waals surface area contributed by atoms with Crippen LogP contribution in [0.15, 0.2) is 0 Å². The number of carboxylic acids is 1. The Balaban J connectivity index is 3.53. The van der Waals surface area contributed by atoms with Crippen LogP contribution in [0.2, 0.25) is 0 Å². The van der Waals surface area contributed by atoms with Gasteiger partial charge in [0.05, 0.1) is 52.9 Å². The number of ether oxygens (including phenoxy) is 4. The van der Waals surface area contributed by atoms with E-state index in [0.29, 0.717) is 65.0 Å². The summed E-state index contributed by atoms with van der Waals surface area (Å²) < 4.78 is 21.6. The van der Waals surface area contributed by atoms with E-state index in [-0.39, 0.29) is 35.7 Å². The highest BCUT2D eigenvalue weighted by Gasteiger charge is 2.21. The number of carbonyl (C=O) groups is 3. The molecule has 0 heterocycles. The smallest absolute Gasteiger partial charge is 0.327 e. The number of aliphatic carboxylic acids is 1. The second-order valence-electron chi connectivity index (χ2n) is 11.1. The van der Waals surface area contributed by atoms with Gasteiger partial charge in [-0.05, 0) is 23.0 Å². The van der Waals surface area contributed by atoms with Gasteiger partial charge in [-0.3, -0.25) is 9.59 Å². The van der Waals surface area contributed by atoms with Crippen molar-refractivity contribution in [3.05, 3.63) is 0 Å². The van der Waals surface area contributed by atoms with Crippen molar-refractivity contribution >= 4 is 29.5 Å². The summed E-state index contributed by atoms with van der Waals surface area (Å²) in [6.45, 7) is 16.2. The normalized spacial score (nSPS) is 12.8. The molecule has 10 nitrogen and oxygen atoms in total. The molecular weight excluding hydrogens is 500 g/mol. The Morgan fingerprint density at radius 2 is 1.24 bits per heavy atom. The van der Waals surface area contributed by atoms with Gasteiger partial charge in [0.25, 0.3) is 0 Å². The lowest BCUT2D eigenvalue weighted by Crippen LogP contribution is -2.43. The van der Waals surface area contributed by atoms with Crippen LogP contribution in [0, 0.1) is 10.8 Å². The molecule has 0 rings (SSSR count). The summed E-state index contributed by atoms with van der Waals surface area (Å²) in [4.78, 5) is 35.0. The maximum Gasteiger partial charge on any atom is 0.327 e. The molecule has 0 saturated heterocycles. The van der Waals surface area contributed by atoms with Crippen molar-refractivity contribution in [3.63, 3.8) is 0 Å². The van der Waals surface area contributed by atoms with Crippen LogP contribution in [0.1, 0.15) is 60.8 Å². The maximum atomic E-state index is 12.0. The van der Waals surface area contributed by atoms with Crippen LogP contribution in [-0.4, -0.2) is 99.8 Å². The molecule has 0 unspecified atom stereocenters. The molecule has 0 aliphatic rings. The van der Waals surface area contributed by atoms with Crippen molar-refractivity contribution in [2.75, 3.05) is 70.9 Å². The Morgan fingerprint density at radius 3 is 1.73 bits per heavy atom. The molecule has 0 aromatic heterocycles. The van der Waals surface area contributed by atoms with Crippen molar-refractivity contribution in [3.8, 4) is 0 Å². The molecule has 0 bridgehead atoms. The molecule has 0 fully saturated rings. The van der Waals surface area contributed by atoms with Crippen LogP contribution in [0.4, 0.5) is 0 Å². The molecule has 37 heavy (non-hydrogen) atoms. The third-order valence-corrected chi connectivity index (χ3v) is 6.35. The van der Waals surface area contributed by atoms with Gasteiger partial charge in [0.1, 0.15) is 6.04 Å². The minimum atomic E-state index is -1.03. The topological polar surface area (TPSA) is 132 Å². The fourth-order valence-electron chi connectivity index (χ4n) is 2.69. The number of rotatable bonds is 22. The first-order valence-electron chi connectivity index (χ1n) is 13.0. The number of amides is 2. The van der Waals surface area contributed by atoms with Gasteiger partial charge >= 0.3 is 5.97 Å². The maximum absolute atomic E-state index is 12.0. The molecule has 11 heteroatoms. The zero-order chi connectivity index (χ0) is 28.2. The first-order chi connectivity index (χ1) is 17.3. The van der Waals surface area contributed by atoms with E-state index in [4.69, 9.17) is 18.9 Å². The van der Waals surface area contributed by atoms with E-state index >= 15 is 0 Å². The molecule has 0 aromatic rings. The summed E-state index contributed by atoms with van der Waals surface area (Å²) in [5.41, 5.74) is 0.251. The quantitative estimate of drug-likeness (QED) is 0.174. The summed E-state index contributed by atoms with van der Waals surface area (Å²) >= 11 is 1.52. The molecule has 0 aliphatic carbocycles. The highest BCUT2D eigenvalue weighted by Crippen LogP contribution is 2.21. The van der Waals surface area contributed by atoms with Crippen molar-refractivity contribution in [1.82, 2.24) is 10.6 Å². The van der Waals surface area contributed by atoms with Crippen LogP contribution in [0.5, 0.6) is 0 Å². The van der Waals surface area contributed by atoms with Gasteiger partial charge in [-0.15, -0.1) is 0 Å². The van der Waals surface area contributed by atoms with Crippen molar-refractivity contribution in [2.45, 2.75) is 66.8 Å². The van der Waals surface area contributed by atoms with E-state index in [1.807, 2.05) is 0 Å². The Kier molecular flexibility index (Phi) is 19.8. The Bertz CT molecular complexity index is 635. The van der Waals surface area contributed by atoms with E-state index in [9.17, 15) is 19.5 Å². The average molecular weight is 551 g/mol. The van der Waals surface area contributed by atoms with Crippen LogP contribution in [0.25, 0.3) is 0 Å². The lowest BCUT2D eigenvalue weighted by atomic mass is 9.90. The van der Waals surface area contributed by atoms with E-state index in [1.54, 1.807) is 0 Å². The van der Waals surface area contributed by atoms with Gasteiger partial charge in [0.15, 0.2) is 0 Å². The van der Waals surface area contributed by atoms with Crippen molar-refractivity contribution in [2.24, 2.45) is 10.8 Å². The first-order valence-corrected chi connectivity index (χ1v) is 14.1. The molecule has 0 spiro atoms. The minimum Gasteiger partial charge on any atom is -0.480 e. The Morgan fingerprint density at radius 1 is 0.730 bits per heavy atom. The first kappa shape index (κ1) is 35.6. The summed E-state index contributed by atoms with van der Waals surface area (Å²) in [7, 11) is 0. The SMILES string of the molecule is CC(C)(C)CCC(=O)NCCOCCOCCOCCOCCC(=O)N[C@@H](CSCC(C)(C)C)C(=O)O. The summed E-state index contributed by atoms with van der Waals surface area (Å²) in [6.07, 6.45) is 1.47. The molecule has 2 amide bonds. The molecule has 0 saturated carbocycles. The number of hydrogen-bond donors (Lipinski definition) is 3. The van der Waals surface area contributed by atoms with E-state index in [1.165, 1.54) is 11.8 Å². The number of carboxylic acid groups (broad SMARTS) is 1. The van der Waals surface area contributed by atoms with Crippen LogP contribution >= 0.6 is 11.8 Å². The van der Waals surface area contributed by atoms with Gasteiger partial charge < -0.3 is 34.7 Å². The molecule has 0 aromatic carbocycles. The number of thioether (sulfide) groups is 1. The van der Waals surface area contributed by atoms with Crippen LogP contribution in [0.3, 0.4) is 0 Å². The van der Waals surface area contributed by atoms with Gasteiger partial charge in [-0.25, -0.2) is 4.79 Å². The molecule has 0 radical (unpaired) electrons. The fourth-order valence-corrected chi connectivity index (χ4v) is 3.88. The third kappa shape index (κ3) is 26.0.